The maximum absolute atomic E-state index is 11.2. The smallest absolute Gasteiger partial charge is 0.358 e. The molecule has 1 aliphatic carbocycles. The number of nitrogens with two attached hydrogens (primary N) is 1. The number of hydrogen-bond donors (Lipinski definition) is 2. The van der Waals surface area contributed by atoms with Crippen molar-refractivity contribution in [2.45, 2.75) is 18.8 Å². The SMILES string of the molecule is NC(=O)c1ccc(-n2nnc(C(=O)O)c2C2CC2)cc1. The van der Waals surface area contributed by atoms with Gasteiger partial charge < -0.3 is 10.8 Å². The summed E-state index contributed by atoms with van der Waals surface area (Å²) in [5.74, 6) is -1.40. The summed E-state index contributed by atoms with van der Waals surface area (Å²) in [6.07, 6.45) is 1.88. The second-order valence-corrected chi connectivity index (χ2v) is 4.73. The number of rotatable bonds is 4. The van der Waals surface area contributed by atoms with Gasteiger partial charge in [0.15, 0.2) is 5.69 Å². The highest BCUT2D eigenvalue weighted by Crippen LogP contribution is 2.41. The van der Waals surface area contributed by atoms with E-state index in [-0.39, 0.29) is 11.6 Å². The second-order valence-electron chi connectivity index (χ2n) is 4.73. The Hall–Kier alpha value is -2.70. The highest BCUT2D eigenvalue weighted by Gasteiger charge is 2.34. The van der Waals surface area contributed by atoms with E-state index >= 15 is 0 Å². The molecular weight excluding hydrogens is 260 g/mol. The van der Waals surface area contributed by atoms with E-state index in [0.29, 0.717) is 16.9 Å². The van der Waals surface area contributed by atoms with Crippen LogP contribution in [0.15, 0.2) is 24.3 Å². The zero-order chi connectivity index (χ0) is 14.3. The Morgan fingerprint density at radius 1 is 1.25 bits per heavy atom. The zero-order valence-electron chi connectivity index (χ0n) is 10.5. The van der Waals surface area contributed by atoms with Crippen molar-refractivity contribution in [1.82, 2.24) is 15.0 Å². The minimum Gasteiger partial charge on any atom is -0.476 e. The van der Waals surface area contributed by atoms with Crippen LogP contribution in [0.4, 0.5) is 0 Å². The zero-order valence-corrected chi connectivity index (χ0v) is 10.5. The number of carbonyl (C=O) groups is 2. The molecule has 1 saturated carbocycles. The van der Waals surface area contributed by atoms with Gasteiger partial charge in [-0.15, -0.1) is 5.10 Å². The maximum atomic E-state index is 11.2. The van der Waals surface area contributed by atoms with Gasteiger partial charge in [-0.25, -0.2) is 9.48 Å². The molecule has 1 heterocycles. The quantitative estimate of drug-likeness (QED) is 0.860. The molecule has 1 aliphatic rings. The number of amides is 1. The van der Waals surface area contributed by atoms with Gasteiger partial charge in [0.1, 0.15) is 0 Å². The molecule has 0 atom stereocenters. The normalized spacial score (nSPS) is 14.2. The lowest BCUT2D eigenvalue weighted by Crippen LogP contribution is -2.11. The molecule has 7 nitrogen and oxygen atoms in total. The molecule has 20 heavy (non-hydrogen) atoms. The summed E-state index contributed by atoms with van der Waals surface area (Å²) in [6, 6.07) is 6.51. The summed E-state index contributed by atoms with van der Waals surface area (Å²) in [6.45, 7) is 0. The predicted molar refractivity (Wildman–Crippen MR) is 68.8 cm³/mol. The van der Waals surface area contributed by atoms with Crippen molar-refractivity contribution < 1.29 is 14.7 Å². The van der Waals surface area contributed by atoms with E-state index in [0.717, 1.165) is 12.8 Å². The first-order valence-corrected chi connectivity index (χ1v) is 6.17. The Balaban J connectivity index is 2.05. The van der Waals surface area contributed by atoms with Crippen LogP contribution in [0.3, 0.4) is 0 Å². The van der Waals surface area contributed by atoms with Gasteiger partial charge in [-0.2, -0.15) is 0 Å². The standard InChI is InChI=1S/C13H12N4O3/c14-12(18)8-3-5-9(6-4-8)17-11(7-1-2-7)10(13(19)20)15-16-17/h3-7H,1-2H2,(H2,14,18)(H,19,20). The lowest BCUT2D eigenvalue weighted by molar-refractivity contribution is 0.0688. The van der Waals surface area contributed by atoms with Crippen LogP contribution in [0.2, 0.25) is 0 Å². The molecule has 1 fully saturated rings. The van der Waals surface area contributed by atoms with Crippen LogP contribution in [0.5, 0.6) is 0 Å². The fraction of sp³-hybridized carbons (Fsp3) is 0.231. The average Bonchev–Trinajstić information content (AvgIpc) is 3.17. The van der Waals surface area contributed by atoms with E-state index in [9.17, 15) is 9.59 Å². The molecule has 1 aromatic carbocycles. The minimum atomic E-state index is -1.08. The van der Waals surface area contributed by atoms with E-state index in [4.69, 9.17) is 10.8 Å². The molecule has 1 aromatic heterocycles. The van der Waals surface area contributed by atoms with Gasteiger partial charge >= 0.3 is 5.97 Å². The van der Waals surface area contributed by atoms with Crippen LogP contribution in [0, 0.1) is 0 Å². The molecule has 0 bridgehead atoms. The number of primary amides is 1. The summed E-state index contributed by atoms with van der Waals surface area (Å²) in [7, 11) is 0. The van der Waals surface area contributed by atoms with Gasteiger partial charge in [-0.3, -0.25) is 4.79 Å². The fourth-order valence-electron chi connectivity index (χ4n) is 2.12. The molecule has 3 rings (SSSR count). The van der Waals surface area contributed by atoms with E-state index in [1.165, 1.54) is 4.68 Å². The molecule has 2 aromatic rings. The third-order valence-corrected chi connectivity index (χ3v) is 3.27. The number of hydrogen-bond acceptors (Lipinski definition) is 4. The third-order valence-electron chi connectivity index (χ3n) is 3.27. The highest BCUT2D eigenvalue weighted by molar-refractivity contribution is 5.93. The van der Waals surface area contributed by atoms with Gasteiger partial charge in [0.25, 0.3) is 0 Å². The summed E-state index contributed by atoms with van der Waals surface area (Å²) < 4.78 is 1.52. The maximum Gasteiger partial charge on any atom is 0.358 e. The largest absolute Gasteiger partial charge is 0.476 e. The van der Waals surface area contributed by atoms with Crippen LogP contribution in [-0.2, 0) is 0 Å². The first-order chi connectivity index (χ1) is 9.58. The molecule has 0 unspecified atom stereocenters. The van der Waals surface area contributed by atoms with Crippen LogP contribution in [0.1, 0.15) is 45.3 Å². The Kier molecular flexibility index (Phi) is 2.74. The number of carbonyl (C=O) groups excluding carboxylic acids is 1. The van der Waals surface area contributed by atoms with Gasteiger partial charge in [0.05, 0.1) is 11.4 Å². The Bertz CT molecular complexity index is 686. The van der Waals surface area contributed by atoms with Crippen molar-refractivity contribution in [2.75, 3.05) is 0 Å². The third kappa shape index (κ3) is 2.03. The van der Waals surface area contributed by atoms with Crippen LogP contribution < -0.4 is 5.73 Å². The number of aromatic carboxylic acids is 1. The fourth-order valence-corrected chi connectivity index (χ4v) is 2.12. The Morgan fingerprint density at radius 3 is 2.40 bits per heavy atom. The lowest BCUT2D eigenvalue weighted by Gasteiger charge is -2.06. The van der Waals surface area contributed by atoms with Crippen LogP contribution in [0.25, 0.3) is 5.69 Å². The topological polar surface area (TPSA) is 111 Å². The van der Waals surface area contributed by atoms with Crippen molar-refractivity contribution in [2.24, 2.45) is 5.73 Å². The summed E-state index contributed by atoms with van der Waals surface area (Å²) >= 11 is 0. The van der Waals surface area contributed by atoms with E-state index in [2.05, 4.69) is 10.3 Å². The first kappa shape index (κ1) is 12.3. The summed E-state index contributed by atoms with van der Waals surface area (Å²) in [5.41, 5.74) is 6.84. The molecule has 7 heteroatoms. The molecule has 0 saturated heterocycles. The van der Waals surface area contributed by atoms with Crippen molar-refractivity contribution in [1.29, 1.82) is 0 Å². The molecule has 0 spiro atoms. The number of nitrogens with zero attached hydrogens (tertiary/aromatic N) is 3. The molecule has 1 amide bonds. The van der Waals surface area contributed by atoms with Crippen LogP contribution in [-0.4, -0.2) is 32.0 Å². The van der Waals surface area contributed by atoms with Gasteiger partial charge in [-0.05, 0) is 37.1 Å². The van der Waals surface area contributed by atoms with Crippen molar-refractivity contribution in [3.63, 3.8) is 0 Å². The second kappa shape index (κ2) is 4.44. The number of aromatic nitrogens is 3. The summed E-state index contributed by atoms with van der Waals surface area (Å²) in [5, 5.41) is 16.8. The monoisotopic (exact) mass is 272 g/mol. The lowest BCUT2D eigenvalue weighted by atomic mass is 10.2. The Labute approximate surface area is 114 Å². The number of carboxylic acids is 1. The number of benzene rings is 1. The van der Waals surface area contributed by atoms with Crippen LogP contribution >= 0.6 is 0 Å². The summed E-state index contributed by atoms with van der Waals surface area (Å²) in [4.78, 5) is 22.2. The van der Waals surface area contributed by atoms with Crippen molar-refractivity contribution in [3.05, 3.63) is 41.2 Å². The molecule has 102 valence electrons. The van der Waals surface area contributed by atoms with Crippen molar-refractivity contribution >= 4 is 11.9 Å². The predicted octanol–water partition coefficient (Wildman–Crippen LogP) is 0.942. The van der Waals surface area contributed by atoms with E-state index < -0.39 is 11.9 Å². The Morgan fingerprint density at radius 2 is 1.90 bits per heavy atom. The molecule has 3 N–H and O–H groups in total. The first-order valence-electron chi connectivity index (χ1n) is 6.17. The van der Waals surface area contributed by atoms with E-state index in [1.54, 1.807) is 24.3 Å². The minimum absolute atomic E-state index is 0.00789. The van der Waals surface area contributed by atoms with Gasteiger partial charge in [0, 0.05) is 11.5 Å². The molecular formula is C13H12N4O3. The van der Waals surface area contributed by atoms with Crippen molar-refractivity contribution in [3.8, 4) is 5.69 Å². The molecule has 0 radical (unpaired) electrons. The highest BCUT2D eigenvalue weighted by atomic mass is 16.4. The van der Waals surface area contributed by atoms with Gasteiger partial charge in [0.2, 0.25) is 5.91 Å². The average molecular weight is 272 g/mol. The van der Waals surface area contributed by atoms with E-state index in [1.807, 2.05) is 0 Å². The van der Waals surface area contributed by atoms with Gasteiger partial charge in [-0.1, -0.05) is 5.21 Å². The number of carboxylic acid groups (broad SMARTS) is 1. The molecule has 0 aliphatic heterocycles.